The Morgan fingerprint density at radius 3 is 2.75 bits per heavy atom. The van der Waals surface area contributed by atoms with Crippen LogP contribution in [0.4, 0.5) is 0 Å². The zero-order chi connectivity index (χ0) is 12.1. The zero-order valence-electron chi connectivity index (χ0n) is 9.88. The van der Waals surface area contributed by atoms with Crippen molar-refractivity contribution in [3.05, 3.63) is 33.8 Å². The molecule has 3 nitrogen and oxygen atoms in total. The van der Waals surface area contributed by atoms with Crippen molar-refractivity contribution in [2.75, 3.05) is 27.2 Å². The van der Waals surface area contributed by atoms with E-state index in [1.54, 1.807) is 4.90 Å². The smallest absolute Gasteiger partial charge is 0.254 e. The minimum Gasteiger partial charge on any atom is -0.340 e. The number of carbonyl (C=O) groups is 1. The van der Waals surface area contributed by atoms with Crippen LogP contribution >= 0.6 is 15.9 Å². The molecule has 1 aromatic carbocycles. The average molecular weight is 285 g/mol. The molecule has 0 aromatic heterocycles. The SMILES string of the molecule is CNCCN(C)C(=O)c1ccc(C)cc1Br. The molecule has 0 aliphatic heterocycles. The lowest BCUT2D eigenvalue weighted by atomic mass is 10.1. The largest absolute Gasteiger partial charge is 0.340 e. The molecule has 0 bridgehead atoms. The van der Waals surface area contributed by atoms with Gasteiger partial charge in [0, 0.05) is 24.6 Å². The van der Waals surface area contributed by atoms with Gasteiger partial charge in [-0.2, -0.15) is 0 Å². The number of nitrogens with one attached hydrogen (secondary N) is 1. The number of hydrogen-bond acceptors (Lipinski definition) is 2. The quantitative estimate of drug-likeness (QED) is 0.918. The molecule has 0 saturated carbocycles. The number of rotatable bonds is 4. The first-order chi connectivity index (χ1) is 7.56. The molecule has 1 aromatic rings. The van der Waals surface area contributed by atoms with E-state index in [1.165, 1.54) is 0 Å². The topological polar surface area (TPSA) is 32.3 Å². The van der Waals surface area contributed by atoms with Crippen molar-refractivity contribution in [3.63, 3.8) is 0 Å². The van der Waals surface area contributed by atoms with Crippen molar-refractivity contribution in [2.24, 2.45) is 0 Å². The minimum absolute atomic E-state index is 0.0436. The van der Waals surface area contributed by atoms with E-state index in [9.17, 15) is 4.79 Å². The molecule has 88 valence electrons. The second kappa shape index (κ2) is 6.01. The van der Waals surface area contributed by atoms with Gasteiger partial charge in [0.2, 0.25) is 0 Å². The second-order valence-electron chi connectivity index (χ2n) is 3.81. The van der Waals surface area contributed by atoms with Crippen molar-refractivity contribution >= 4 is 21.8 Å². The van der Waals surface area contributed by atoms with E-state index in [2.05, 4.69) is 21.2 Å². The maximum absolute atomic E-state index is 12.1. The van der Waals surface area contributed by atoms with Crippen molar-refractivity contribution in [1.82, 2.24) is 10.2 Å². The van der Waals surface area contributed by atoms with Crippen LogP contribution in [0.3, 0.4) is 0 Å². The fourth-order valence-electron chi connectivity index (χ4n) is 1.38. The normalized spacial score (nSPS) is 10.2. The van der Waals surface area contributed by atoms with Gasteiger partial charge in [0.15, 0.2) is 0 Å². The summed E-state index contributed by atoms with van der Waals surface area (Å²) in [6, 6.07) is 5.76. The van der Waals surface area contributed by atoms with Crippen molar-refractivity contribution in [3.8, 4) is 0 Å². The molecule has 1 N–H and O–H groups in total. The number of aryl methyl sites for hydroxylation is 1. The molecule has 1 rings (SSSR count). The van der Waals surface area contributed by atoms with E-state index < -0.39 is 0 Å². The van der Waals surface area contributed by atoms with Crippen LogP contribution in [0.25, 0.3) is 0 Å². The number of likely N-dealkylation sites (N-methyl/N-ethyl adjacent to an activating group) is 2. The Kier molecular flexibility index (Phi) is 4.96. The van der Waals surface area contributed by atoms with Gasteiger partial charge in [-0.1, -0.05) is 6.07 Å². The molecule has 0 aliphatic rings. The summed E-state index contributed by atoms with van der Waals surface area (Å²) < 4.78 is 0.855. The maximum Gasteiger partial charge on any atom is 0.254 e. The summed E-state index contributed by atoms with van der Waals surface area (Å²) in [5.41, 5.74) is 1.85. The maximum atomic E-state index is 12.1. The van der Waals surface area contributed by atoms with Crippen molar-refractivity contribution in [1.29, 1.82) is 0 Å². The van der Waals surface area contributed by atoms with Gasteiger partial charge in [0.1, 0.15) is 0 Å². The lowest BCUT2D eigenvalue weighted by Gasteiger charge is -2.17. The summed E-state index contributed by atoms with van der Waals surface area (Å²) in [5.74, 6) is 0.0436. The van der Waals surface area contributed by atoms with Gasteiger partial charge in [0.25, 0.3) is 5.91 Å². The third kappa shape index (κ3) is 3.32. The van der Waals surface area contributed by atoms with Crippen LogP contribution in [0.5, 0.6) is 0 Å². The number of halogens is 1. The summed E-state index contributed by atoms with van der Waals surface area (Å²) in [6.45, 7) is 3.51. The van der Waals surface area contributed by atoms with Crippen molar-refractivity contribution < 1.29 is 4.79 Å². The summed E-state index contributed by atoms with van der Waals surface area (Å²) in [4.78, 5) is 13.8. The molecule has 0 atom stereocenters. The van der Waals surface area contributed by atoms with E-state index >= 15 is 0 Å². The van der Waals surface area contributed by atoms with Crippen LogP contribution in [0.1, 0.15) is 15.9 Å². The summed E-state index contributed by atoms with van der Waals surface area (Å²) in [5, 5.41) is 3.02. The van der Waals surface area contributed by atoms with E-state index in [0.717, 1.165) is 16.6 Å². The van der Waals surface area contributed by atoms with E-state index in [0.29, 0.717) is 12.1 Å². The molecule has 0 radical (unpaired) electrons. The Bertz CT molecular complexity index is 379. The molecule has 1 amide bonds. The minimum atomic E-state index is 0.0436. The molecule has 0 unspecified atom stereocenters. The van der Waals surface area contributed by atoms with E-state index in [-0.39, 0.29) is 5.91 Å². The standard InChI is InChI=1S/C12H17BrN2O/c1-9-4-5-10(11(13)8-9)12(16)15(3)7-6-14-2/h4-5,8,14H,6-7H2,1-3H3. The van der Waals surface area contributed by atoms with Crippen LogP contribution in [0.2, 0.25) is 0 Å². The predicted molar refractivity (Wildman–Crippen MR) is 69.8 cm³/mol. The van der Waals surface area contributed by atoms with Gasteiger partial charge in [-0.15, -0.1) is 0 Å². The van der Waals surface area contributed by atoms with Gasteiger partial charge in [-0.3, -0.25) is 4.79 Å². The zero-order valence-corrected chi connectivity index (χ0v) is 11.5. The molecule has 0 aliphatic carbocycles. The number of carbonyl (C=O) groups excluding carboxylic acids is 1. The summed E-state index contributed by atoms with van der Waals surface area (Å²) in [6.07, 6.45) is 0. The highest BCUT2D eigenvalue weighted by Gasteiger charge is 2.13. The van der Waals surface area contributed by atoms with E-state index in [4.69, 9.17) is 0 Å². The Balaban J connectivity index is 2.79. The molecule has 0 spiro atoms. The molecule has 0 fully saturated rings. The molecule has 0 heterocycles. The lowest BCUT2D eigenvalue weighted by Crippen LogP contribution is -2.32. The fourth-order valence-corrected chi connectivity index (χ4v) is 2.04. The van der Waals surface area contributed by atoms with Gasteiger partial charge in [-0.25, -0.2) is 0 Å². The van der Waals surface area contributed by atoms with Gasteiger partial charge in [0.05, 0.1) is 5.56 Å². The molecule has 16 heavy (non-hydrogen) atoms. The third-order valence-electron chi connectivity index (χ3n) is 2.40. The lowest BCUT2D eigenvalue weighted by molar-refractivity contribution is 0.0796. The Hall–Kier alpha value is -0.870. The summed E-state index contributed by atoms with van der Waals surface area (Å²) in [7, 11) is 3.69. The number of nitrogens with zero attached hydrogens (tertiary/aromatic N) is 1. The monoisotopic (exact) mass is 284 g/mol. The van der Waals surface area contributed by atoms with Crippen molar-refractivity contribution in [2.45, 2.75) is 6.92 Å². The Morgan fingerprint density at radius 1 is 1.50 bits per heavy atom. The van der Waals surface area contributed by atoms with Crippen LogP contribution in [-0.4, -0.2) is 38.0 Å². The first-order valence-corrected chi connectivity index (χ1v) is 6.01. The Labute approximate surface area is 105 Å². The molecular weight excluding hydrogens is 268 g/mol. The predicted octanol–water partition coefficient (Wildman–Crippen LogP) is 2.05. The highest BCUT2D eigenvalue weighted by molar-refractivity contribution is 9.10. The van der Waals surface area contributed by atoms with Crippen LogP contribution in [0.15, 0.2) is 22.7 Å². The number of hydrogen-bond donors (Lipinski definition) is 1. The van der Waals surface area contributed by atoms with Gasteiger partial charge < -0.3 is 10.2 Å². The highest BCUT2D eigenvalue weighted by atomic mass is 79.9. The fraction of sp³-hybridized carbons (Fsp3) is 0.417. The third-order valence-corrected chi connectivity index (χ3v) is 3.05. The van der Waals surface area contributed by atoms with Crippen LogP contribution in [-0.2, 0) is 0 Å². The average Bonchev–Trinajstić information content (AvgIpc) is 2.25. The summed E-state index contributed by atoms with van der Waals surface area (Å²) >= 11 is 3.42. The van der Waals surface area contributed by atoms with Gasteiger partial charge in [-0.05, 0) is 47.6 Å². The molecule has 0 saturated heterocycles. The first kappa shape index (κ1) is 13.2. The second-order valence-corrected chi connectivity index (χ2v) is 4.67. The highest BCUT2D eigenvalue weighted by Crippen LogP contribution is 2.19. The first-order valence-electron chi connectivity index (χ1n) is 5.22. The molecule has 4 heteroatoms. The number of amides is 1. The molecular formula is C12H17BrN2O. The van der Waals surface area contributed by atoms with E-state index in [1.807, 2.05) is 39.2 Å². The Morgan fingerprint density at radius 2 is 2.19 bits per heavy atom. The van der Waals surface area contributed by atoms with Crippen LogP contribution in [0, 0.1) is 6.92 Å². The van der Waals surface area contributed by atoms with Crippen LogP contribution < -0.4 is 5.32 Å². The van der Waals surface area contributed by atoms with Gasteiger partial charge >= 0.3 is 0 Å². The number of benzene rings is 1.